The van der Waals surface area contributed by atoms with E-state index in [4.69, 9.17) is 4.74 Å². The molecule has 0 bridgehead atoms. The lowest BCUT2D eigenvalue weighted by Gasteiger charge is -2.35. The normalized spacial score (nSPS) is 14.8. The first-order valence-corrected chi connectivity index (χ1v) is 9.31. The Labute approximate surface area is 155 Å². The zero-order valence-corrected chi connectivity index (χ0v) is 15.8. The maximum Gasteiger partial charge on any atom is 0.319 e. The second-order valence-electron chi connectivity index (χ2n) is 6.47. The van der Waals surface area contributed by atoms with Gasteiger partial charge in [-0.05, 0) is 30.7 Å². The van der Waals surface area contributed by atoms with Gasteiger partial charge in [0.05, 0.1) is 13.7 Å². The van der Waals surface area contributed by atoms with Crippen LogP contribution in [0.3, 0.4) is 0 Å². The van der Waals surface area contributed by atoms with Crippen LogP contribution in [-0.2, 0) is 9.53 Å². The molecule has 26 heavy (non-hydrogen) atoms. The van der Waals surface area contributed by atoms with Crippen LogP contribution in [0.5, 0.6) is 0 Å². The Morgan fingerprint density at radius 3 is 2.38 bits per heavy atom. The third-order valence-electron chi connectivity index (χ3n) is 4.51. The van der Waals surface area contributed by atoms with Crippen LogP contribution in [0.15, 0.2) is 24.3 Å². The first kappa shape index (κ1) is 20.0. The van der Waals surface area contributed by atoms with Gasteiger partial charge in [0.2, 0.25) is 0 Å². The summed E-state index contributed by atoms with van der Waals surface area (Å²) in [4.78, 5) is 27.6. The van der Waals surface area contributed by atoms with Crippen molar-refractivity contribution < 1.29 is 14.3 Å². The molecule has 7 nitrogen and oxygen atoms in total. The van der Waals surface area contributed by atoms with Crippen molar-refractivity contribution in [2.75, 3.05) is 56.6 Å². The highest BCUT2D eigenvalue weighted by molar-refractivity contribution is 5.89. The molecule has 0 unspecified atom stereocenters. The molecule has 0 radical (unpaired) electrons. The smallest absolute Gasteiger partial charge is 0.319 e. The van der Waals surface area contributed by atoms with Crippen molar-refractivity contribution in [1.82, 2.24) is 10.2 Å². The van der Waals surface area contributed by atoms with Crippen molar-refractivity contribution in [3.05, 3.63) is 24.3 Å². The van der Waals surface area contributed by atoms with Crippen molar-refractivity contribution in [3.8, 4) is 0 Å². The summed E-state index contributed by atoms with van der Waals surface area (Å²) in [5.74, 6) is -0.193. The number of benzene rings is 1. The molecular weight excluding hydrogens is 332 g/mol. The monoisotopic (exact) mass is 362 g/mol. The molecule has 1 aliphatic rings. The van der Waals surface area contributed by atoms with Gasteiger partial charge >= 0.3 is 12.0 Å². The summed E-state index contributed by atoms with van der Waals surface area (Å²) in [6.07, 6.45) is 3.27. The molecular formula is C19H30N4O3. The Hall–Kier alpha value is -2.28. The van der Waals surface area contributed by atoms with E-state index < -0.39 is 0 Å². The van der Waals surface area contributed by atoms with Gasteiger partial charge < -0.3 is 20.3 Å². The Bertz CT molecular complexity index is 569. The number of unbranched alkanes of at least 4 members (excludes halogenated alkanes) is 2. The van der Waals surface area contributed by atoms with Crippen LogP contribution in [0.1, 0.15) is 26.2 Å². The molecule has 0 aliphatic carbocycles. The highest BCUT2D eigenvalue weighted by atomic mass is 16.5. The Kier molecular flexibility index (Phi) is 8.21. The van der Waals surface area contributed by atoms with Crippen LogP contribution in [0.25, 0.3) is 0 Å². The minimum Gasteiger partial charge on any atom is -0.468 e. The molecule has 1 heterocycles. The van der Waals surface area contributed by atoms with Crippen LogP contribution >= 0.6 is 0 Å². The number of hydrogen-bond acceptors (Lipinski definition) is 5. The van der Waals surface area contributed by atoms with E-state index in [1.807, 2.05) is 24.3 Å². The molecule has 0 aromatic heterocycles. The fourth-order valence-corrected chi connectivity index (χ4v) is 2.92. The summed E-state index contributed by atoms with van der Waals surface area (Å²) in [5.41, 5.74) is 1.91. The van der Waals surface area contributed by atoms with Gasteiger partial charge in [-0.1, -0.05) is 19.8 Å². The standard InChI is InChI=1S/C19H30N4O3/c1-3-4-5-10-20-19(25)21-16-6-8-17(9-7-16)23-13-11-22(12-14-23)15-18(24)26-2/h6-9H,3-5,10-15H2,1-2H3,(H2,20,21,25). The summed E-state index contributed by atoms with van der Waals surface area (Å²) in [5, 5.41) is 5.72. The second kappa shape index (κ2) is 10.7. The maximum absolute atomic E-state index is 11.8. The molecule has 1 aromatic carbocycles. The number of nitrogens with one attached hydrogen (secondary N) is 2. The number of carbonyl (C=O) groups excluding carboxylic acids is 2. The molecule has 1 aliphatic heterocycles. The molecule has 1 saturated heterocycles. The number of esters is 1. The number of rotatable bonds is 8. The van der Waals surface area contributed by atoms with Crippen molar-refractivity contribution in [3.63, 3.8) is 0 Å². The first-order chi connectivity index (χ1) is 12.6. The van der Waals surface area contributed by atoms with Gasteiger partial charge in [0.15, 0.2) is 0 Å². The Morgan fingerprint density at radius 2 is 1.77 bits per heavy atom. The molecule has 7 heteroatoms. The molecule has 0 saturated carbocycles. The summed E-state index contributed by atoms with van der Waals surface area (Å²) in [7, 11) is 1.42. The number of methoxy groups -OCH3 is 1. The number of nitrogens with zero attached hydrogens (tertiary/aromatic N) is 2. The number of urea groups is 1. The third-order valence-corrected chi connectivity index (χ3v) is 4.51. The van der Waals surface area contributed by atoms with E-state index in [2.05, 4.69) is 27.4 Å². The maximum atomic E-state index is 11.8. The van der Waals surface area contributed by atoms with Crippen LogP contribution < -0.4 is 15.5 Å². The highest BCUT2D eigenvalue weighted by Gasteiger charge is 2.19. The second-order valence-corrected chi connectivity index (χ2v) is 6.47. The number of amides is 2. The van der Waals surface area contributed by atoms with Gasteiger partial charge in [0.1, 0.15) is 0 Å². The third kappa shape index (κ3) is 6.55. The molecule has 2 N–H and O–H groups in total. The summed E-state index contributed by atoms with van der Waals surface area (Å²) >= 11 is 0. The van der Waals surface area contributed by atoms with Gasteiger partial charge in [-0.15, -0.1) is 0 Å². The lowest BCUT2D eigenvalue weighted by molar-refractivity contribution is -0.142. The molecule has 2 amide bonds. The lowest BCUT2D eigenvalue weighted by atomic mass is 10.2. The number of ether oxygens (including phenoxy) is 1. The lowest BCUT2D eigenvalue weighted by Crippen LogP contribution is -2.48. The summed E-state index contributed by atoms with van der Waals surface area (Å²) < 4.78 is 4.71. The Balaban J connectivity index is 1.75. The SMILES string of the molecule is CCCCCNC(=O)Nc1ccc(N2CCN(CC(=O)OC)CC2)cc1. The number of piperazine rings is 1. The van der Waals surface area contributed by atoms with E-state index in [9.17, 15) is 9.59 Å². The predicted molar refractivity (Wildman–Crippen MR) is 104 cm³/mol. The van der Waals surface area contributed by atoms with Crippen molar-refractivity contribution >= 4 is 23.4 Å². The minimum absolute atomic E-state index is 0.162. The van der Waals surface area contributed by atoms with Crippen LogP contribution in [0.4, 0.5) is 16.2 Å². The van der Waals surface area contributed by atoms with Crippen LogP contribution in [0.2, 0.25) is 0 Å². The molecule has 1 aromatic rings. The van der Waals surface area contributed by atoms with Crippen LogP contribution in [0, 0.1) is 0 Å². The minimum atomic E-state index is -0.193. The van der Waals surface area contributed by atoms with E-state index in [-0.39, 0.29) is 12.0 Å². The average molecular weight is 362 g/mol. The van der Waals surface area contributed by atoms with E-state index in [1.165, 1.54) is 7.11 Å². The topological polar surface area (TPSA) is 73.9 Å². The van der Waals surface area contributed by atoms with E-state index in [1.54, 1.807) is 0 Å². The predicted octanol–water partition coefficient (Wildman–Crippen LogP) is 2.29. The molecule has 0 atom stereocenters. The number of carbonyl (C=O) groups is 2. The van der Waals surface area contributed by atoms with E-state index in [0.717, 1.165) is 56.8 Å². The average Bonchev–Trinajstić information content (AvgIpc) is 2.66. The van der Waals surface area contributed by atoms with E-state index >= 15 is 0 Å². The van der Waals surface area contributed by atoms with Crippen LogP contribution in [-0.4, -0.2) is 63.3 Å². The summed E-state index contributed by atoms with van der Waals surface area (Å²) in [6.45, 7) is 6.57. The highest BCUT2D eigenvalue weighted by Crippen LogP contribution is 2.19. The van der Waals surface area contributed by atoms with Gasteiger partial charge in [0.25, 0.3) is 0 Å². The molecule has 144 valence electrons. The molecule has 1 fully saturated rings. The van der Waals surface area contributed by atoms with Gasteiger partial charge in [-0.25, -0.2) is 4.79 Å². The number of hydrogen-bond donors (Lipinski definition) is 2. The van der Waals surface area contributed by atoms with Gasteiger partial charge in [0, 0.05) is 44.1 Å². The molecule has 0 spiro atoms. The fraction of sp³-hybridized carbons (Fsp3) is 0.579. The van der Waals surface area contributed by atoms with E-state index in [0.29, 0.717) is 13.1 Å². The first-order valence-electron chi connectivity index (χ1n) is 9.31. The quantitative estimate of drug-likeness (QED) is 0.548. The van der Waals surface area contributed by atoms with Gasteiger partial charge in [-0.3, -0.25) is 9.69 Å². The summed E-state index contributed by atoms with van der Waals surface area (Å²) in [6, 6.07) is 7.71. The largest absolute Gasteiger partial charge is 0.468 e. The molecule has 2 rings (SSSR count). The van der Waals surface area contributed by atoms with Crippen molar-refractivity contribution in [2.24, 2.45) is 0 Å². The van der Waals surface area contributed by atoms with Crippen molar-refractivity contribution in [2.45, 2.75) is 26.2 Å². The van der Waals surface area contributed by atoms with Crippen molar-refractivity contribution in [1.29, 1.82) is 0 Å². The fourth-order valence-electron chi connectivity index (χ4n) is 2.92. The zero-order valence-electron chi connectivity index (χ0n) is 15.8. The number of anilines is 2. The van der Waals surface area contributed by atoms with Gasteiger partial charge in [-0.2, -0.15) is 0 Å². The zero-order chi connectivity index (χ0) is 18.8. The Morgan fingerprint density at radius 1 is 1.08 bits per heavy atom.